The first kappa shape index (κ1) is 48.5. The van der Waals surface area contributed by atoms with Crippen LogP contribution in [-0.2, 0) is 80.4 Å². The van der Waals surface area contributed by atoms with E-state index in [1.165, 1.54) is 39.4 Å². The molecule has 4 aliphatic rings. The number of fused-ring (bicyclic) bond motifs is 5. The third kappa shape index (κ3) is 8.38. The van der Waals surface area contributed by atoms with Gasteiger partial charge in [-0.2, -0.15) is 6.41 Å². The van der Waals surface area contributed by atoms with E-state index in [1.807, 2.05) is 0 Å². The van der Waals surface area contributed by atoms with Crippen LogP contribution in [0.2, 0.25) is 0 Å². The number of hydrogen-bond donors (Lipinski definition) is 4. The third-order valence-corrected chi connectivity index (χ3v) is 12.4. The number of carbonyl (C=O) groups is 5. The van der Waals surface area contributed by atoms with Gasteiger partial charge in [-0.3, -0.25) is 14.4 Å². The van der Waals surface area contributed by atoms with Gasteiger partial charge < -0.3 is 60.8 Å². The van der Waals surface area contributed by atoms with E-state index >= 15 is 4.79 Å². The molecule has 0 aromatic heterocycles. The summed E-state index contributed by atoms with van der Waals surface area (Å²) >= 11 is 0. The van der Waals surface area contributed by atoms with Crippen molar-refractivity contribution < 1.29 is 100 Å². The maximum absolute atomic E-state index is 15.3. The predicted octanol–water partition coefficient (Wildman–Crippen LogP) is 2.15. The Kier molecular flexibility index (Phi) is 15.2. The summed E-state index contributed by atoms with van der Waals surface area (Å²) in [6.07, 6.45) is -8.89. The smallest absolute Gasteiger partial charge is 0.338 e. The van der Waals surface area contributed by atoms with Crippen LogP contribution < -0.4 is 5.32 Å². The first-order valence-electron chi connectivity index (χ1n) is 19.0. The van der Waals surface area contributed by atoms with Gasteiger partial charge in [0.15, 0.2) is 23.6 Å². The second-order valence-corrected chi connectivity index (χ2v) is 16.0. The molecule has 1 saturated heterocycles. The topological polar surface area (TPSA) is 234 Å². The average molecular weight is 908 g/mol. The number of nitrogens with zero attached hydrogens (tertiary/aromatic N) is 1. The number of hydrogen-bond acceptors (Lipinski definition) is 15. The first-order chi connectivity index (χ1) is 27.8. The standard InChI is InChI=1S/C41H46NO14.C2H4N.Y/c1-21-26(54-37(50)31(47)30(42-20-43)24-13-9-7-10-14-24)18-41(51)35(55-36(49)25-15-11-8-12-16-25)33-39(6,27(46)17-28-40(33,19-52-28)56-23(3)45)34(48)32(53-22(2)44)29(21)38(41,4)5;1-3-2;/h7-16,26-28,30-33,35,46-47,51H,17-19H2,1-6H3,(H,42,43);1H,2H3;/q2*-1;/t26-,27-,28+,30-,31+,32+,33-,35-,39+,40-,41+;;/m0../s1. The molecule has 2 aromatic rings. The quantitative estimate of drug-likeness (QED) is 0.0669. The molecule has 1 aliphatic heterocycles. The van der Waals surface area contributed by atoms with Crippen LogP contribution in [-0.4, -0.2) is 120 Å². The van der Waals surface area contributed by atoms with Crippen molar-refractivity contribution in [2.75, 3.05) is 13.7 Å². The van der Waals surface area contributed by atoms with Gasteiger partial charge in [0, 0.05) is 64.8 Å². The molecular formula is C43H50N2O14Y-2. The van der Waals surface area contributed by atoms with Gasteiger partial charge in [0.2, 0.25) is 0 Å². The summed E-state index contributed by atoms with van der Waals surface area (Å²) in [5.74, 6) is -6.23. The van der Waals surface area contributed by atoms with E-state index in [-0.39, 0.29) is 62.4 Å². The van der Waals surface area contributed by atoms with E-state index in [2.05, 4.69) is 17.0 Å². The van der Waals surface area contributed by atoms with E-state index in [0.717, 1.165) is 13.8 Å². The number of ketones is 1. The molecular weight excluding hydrogens is 857 g/mol. The zero-order valence-electron chi connectivity index (χ0n) is 34.4. The molecule has 1 radical (unpaired) electrons. The molecule has 17 heteroatoms. The summed E-state index contributed by atoms with van der Waals surface area (Å²) in [6, 6.07) is 14.6. The predicted molar refractivity (Wildman–Crippen MR) is 207 cm³/mol. The number of nitrogens with one attached hydrogen (secondary N) is 1. The Hall–Kier alpha value is -4.19. The van der Waals surface area contributed by atoms with Crippen molar-refractivity contribution >= 4 is 42.8 Å². The largest absolute Gasteiger partial charge is 0.521 e. The van der Waals surface area contributed by atoms with Crippen LogP contribution >= 0.6 is 0 Å². The molecule has 2 saturated carbocycles. The van der Waals surface area contributed by atoms with Crippen LogP contribution in [0.25, 0.3) is 0 Å². The number of rotatable bonds is 10. The number of Topliss-reactive ketones (excluding diaryl/α,β-unsaturated/α-hetero) is 1. The molecule has 6 rings (SSSR count). The number of ether oxygens (including phenoxy) is 5. The normalized spacial score (nSPS) is 32.0. The van der Waals surface area contributed by atoms with Crippen LogP contribution in [0.15, 0.2) is 76.8 Å². The molecule has 4 N–H and O–H groups in total. The van der Waals surface area contributed by atoms with Gasteiger partial charge >= 0.3 is 23.9 Å². The Morgan fingerprint density at radius 1 is 0.983 bits per heavy atom. The molecule has 2 aromatic carbocycles. The number of aliphatic hydroxyl groups is 3. The summed E-state index contributed by atoms with van der Waals surface area (Å²) in [5.41, 5.74) is -7.22. The van der Waals surface area contributed by atoms with E-state index in [4.69, 9.17) is 23.7 Å². The van der Waals surface area contributed by atoms with Gasteiger partial charge in [0.25, 0.3) is 0 Å². The Morgan fingerprint density at radius 2 is 1.57 bits per heavy atom. The Balaban J connectivity index is 0.00000193. The molecule has 0 unspecified atom stereocenters. The van der Waals surface area contributed by atoms with Crippen LogP contribution in [0.4, 0.5) is 0 Å². The second-order valence-electron chi connectivity index (χ2n) is 16.0. The number of benzene rings is 2. The van der Waals surface area contributed by atoms with Crippen LogP contribution in [0, 0.1) is 16.7 Å². The van der Waals surface area contributed by atoms with Gasteiger partial charge in [0.05, 0.1) is 35.6 Å². The molecule has 60 heavy (non-hydrogen) atoms. The SMILES string of the molecule is CC(=O)O[C@H]1C(=O)[C@@]2(C)[C@H]([C@H](OC(=O)c3ccccc3)[C@]3(O)C[C@H](OC(=O)[C@H](O)[C@@H](N[C-]=O)c4ccccc4)C(C)=C1C3(C)C)[C@]1(OC(C)=O)CO[C@@H]1C[C@@H]2O.[CH-]=NC.[Y]. The molecule has 1 amide bonds. The molecule has 2 bridgehead atoms. The summed E-state index contributed by atoms with van der Waals surface area (Å²) < 4.78 is 29.9. The maximum Gasteiger partial charge on any atom is 0.338 e. The van der Waals surface area contributed by atoms with Crippen molar-refractivity contribution in [3.63, 3.8) is 0 Å². The van der Waals surface area contributed by atoms with Crippen molar-refractivity contribution in [3.05, 3.63) is 82.9 Å². The van der Waals surface area contributed by atoms with Crippen LogP contribution in [0.1, 0.15) is 76.3 Å². The molecule has 11 atom stereocenters. The molecule has 0 spiro atoms. The summed E-state index contributed by atoms with van der Waals surface area (Å²) in [5, 5.41) is 39.1. The average Bonchev–Trinajstić information content (AvgIpc) is 3.18. The van der Waals surface area contributed by atoms with Crippen molar-refractivity contribution in [2.24, 2.45) is 21.7 Å². The Labute approximate surface area is 373 Å². The van der Waals surface area contributed by atoms with E-state index < -0.39 is 107 Å². The first-order valence-corrected chi connectivity index (χ1v) is 19.0. The zero-order chi connectivity index (χ0) is 43.7. The maximum atomic E-state index is 15.3. The Bertz CT molecular complexity index is 1990. The fraction of sp³-hybridized carbons (Fsp3) is 0.512. The molecule has 1 heterocycles. The number of carbonyl (C=O) groups excluding carboxylic acids is 6. The third-order valence-electron chi connectivity index (χ3n) is 12.4. The van der Waals surface area contributed by atoms with Crippen molar-refractivity contribution in [3.8, 4) is 0 Å². The Morgan fingerprint density at radius 3 is 2.08 bits per heavy atom. The van der Waals surface area contributed by atoms with Gasteiger partial charge in [-0.1, -0.05) is 62.4 Å². The fourth-order valence-electron chi connectivity index (χ4n) is 9.43. The van der Waals surface area contributed by atoms with E-state index in [9.17, 15) is 39.3 Å². The minimum absolute atomic E-state index is 0. The number of esters is 4. The number of aliphatic imine (C=N–C) groups is 1. The number of aliphatic hydroxyl groups excluding tert-OH is 2. The molecule has 3 fully saturated rings. The molecule has 16 nitrogen and oxygen atoms in total. The fourth-order valence-corrected chi connectivity index (χ4v) is 9.43. The van der Waals surface area contributed by atoms with Crippen LogP contribution in [0.5, 0.6) is 0 Å². The van der Waals surface area contributed by atoms with E-state index in [1.54, 1.807) is 62.4 Å². The molecule has 321 valence electrons. The van der Waals surface area contributed by atoms with Crippen molar-refractivity contribution in [1.29, 1.82) is 0 Å². The van der Waals surface area contributed by atoms with Crippen molar-refractivity contribution in [2.45, 2.75) is 108 Å². The zero-order valence-corrected chi connectivity index (χ0v) is 37.3. The van der Waals surface area contributed by atoms with Crippen LogP contribution in [0.3, 0.4) is 0 Å². The monoisotopic (exact) mass is 907 g/mol. The van der Waals surface area contributed by atoms with Gasteiger partial charge in [-0.15, -0.1) is 0 Å². The second kappa shape index (κ2) is 18.8. The summed E-state index contributed by atoms with van der Waals surface area (Å²) in [4.78, 5) is 83.5. The minimum atomic E-state index is -2.37. The van der Waals surface area contributed by atoms with E-state index in [0.29, 0.717) is 5.56 Å². The minimum Gasteiger partial charge on any atom is -0.521 e. The summed E-state index contributed by atoms with van der Waals surface area (Å²) in [7, 11) is 1.53. The molecule has 3 aliphatic carbocycles. The number of amides is 1. The van der Waals surface area contributed by atoms with Gasteiger partial charge in [-0.25, -0.2) is 9.59 Å². The van der Waals surface area contributed by atoms with Gasteiger partial charge in [0.1, 0.15) is 23.9 Å². The summed E-state index contributed by atoms with van der Waals surface area (Å²) in [6.45, 7) is 12.4. The van der Waals surface area contributed by atoms with Gasteiger partial charge in [-0.05, 0) is 49.7 Å². The van der Waals surface area contributed by atoms with Crippen molar-refractivity contribution in [1.82, 2.24) is 5.32 Å².